The highest BCUT2D eigenvalue weighted by Crippen LogP contribution is 2.43. The molecule has 2 spiro atoms. The van der Waals surface area contributed by atoms with E-state index in [1.165, 1.54) is 54.6 Å². The fourth-order valence-corrected chi connectivity index (χ4v) is 6.04. The first-order valence-electron chi connectivity index (χ1n) is 13.8. The summed E-state index contributed by atoms with van der Waals surface area (Å²) in [4.78, 5) is 35.4. The number of fused-ring (bicyclic) bond motifs is 3. The molecule has 1 atom stereocenters. The molecule has 0 radical (unpaired) electrons. The zero-order valence-corrected chi connectivity index (χ0v) is 22.7. The third kappa shape index (κ3) is 4.98. The van der Waals surface area contributed by atoms with Gasteiger partial charge in [0.1, 0.15) is 5.60 Å². The maximum atomic E-state index is 11.5. The molecule has 0 N–H and O–H groups in total. The van der Waals surface area contributed by atoms with Crippen LogP contribution >= 0.6 is 0 Å². The minimum atomic E-state index is -0.178. The molecule has 200 valence electrons. The molecule has 7 nitrogen and oxygen atoms in total. The van der Waals surface area contributed by atoms with E-state index in [0.717, 1.165) is 30.7 Å². The van der Waals surface area contributed by atoms with Gasteiger partial charge in [0.15, 0.2) is 5.60 Å². The number of rotatable bonds is 1. The van der Waals surface area contributed by atoms with E-state index >= 15 is 0 Å². The third-order valence-corrected chi connectivity index (χ3v) is 8.13. The number of hydrogen-bond donors (Lipinski definition) is 0. The monoisotopic (exact) mass is 515 g/mol. The highest BCUT2D eigenvalue weighted by Gasteiger charge is 2.43. The van der Waals surface area contributed by atoms with Crippen molar-refractivity contribution in [3.8, 4) is 0 Å². The lowest BCUT2D eigenvalue weighted by molar-refractivity contribution is -0.0755. The van der Waals surface area contributed by atoms with Crippen molar-refractivity contribution in [1.29, 1.82) is 0 Å². The predicted molar refractivity (Wildman–Crippen MR) is 147 cm³/mol. The Morgan fingerprint density at radius 1 is 0.789 bits per heavy atom. The molecule has 2 aliphatic carbocycles. The second-order valence-corrected chi connectivity index (χ2v) is 11.0. The Hall–Kier alpha value is -3.48. The average Bonchev–Trinajstić information content (AvgIpc) is 3.53. The number of hydrogen-bond acceptors (Lipinski definition) is 6. The second-order valence-electron chi connectivity index (χ2n) is 11.0. The maximum Gasteiger partial charge on any atom is 0.261 e. The van der Waals surface area contributed by atoms with Gasteiger partial charge in [0.25, 0.3) is 11.8 Å². The van der Waals surface area contributed by atoms with Crippen LogP contribution in [-0.4, -0.2) is 40.3 Å². The van der Waals surface area contributed by atoms with Gasteiger partial charge in [0, 0.05) is 24.9 Å². The van der Waals surface area contributed by atoms with Crippen LogP contribution in [0.1, 0.15) is 104 Å². The molecule has 0 saturated heterocycles. The van der Waals surface area contributed by atoms with Gasteiger partial charge in [-0.05, 0) is 83.4 Å². The van der Waals surface area contributed by atoms with Crippen molar-refractivity contribution in [3.05, 3.63) is 70.8 Å². The SMILES string of the molecule is CC1=NOC2(CCC2)C1.CC1=NOC2(CCCCc3ccccc32)C1.CCN1C(=O)c2ccccc2C1=O. The molecule has 38 heavy (non-hydrogen) atoms. The van der Waals surface area contributed by atoms with Crippen LogP contribution in [0.2, 0.25) is 0 Å². The Labute approximate surface area is 224 Å². The van der Waals surface area contributed by atoms with Crippen molar-refractivity contribution >= 4 is 23.2 Å². The van der Waals surface area contributed by atoms with E-state index in [1.54, 1.807) is 31.2 Å². The van der Waals surface area contributed by atoms with Crippen molar-refractivity contribution in [2.24, 2.45) is 10.3 Å². The third-order valence-electron chi connectivity index (χ3n) is 8.13. The van der Waals surface area contributed by atoms with Gasteiger partial charge in [0.2, 0.25) is 0 Å². The minimum Gasteiger partial charge on any atom is -0.389 e. The number of oxime groups is 2. The molecule has 7 heteroatoms. The number of imide groups is 1. The Kier molecular flexibility index (Phi) is 7.37. The van der Waals surface area contributed by atoms with Gasteiger partial charge < -0.3 is 9.68 Å². The fraction of sp³-hybridized carbons (Fsp3) is 0.484. The molecule has 2 amide bonds. The highest BCUT2D eigenvalue weighted by molar-refractivity contribution is 6.21. The lowest BCUT2D eigenvalue weighted by Gasteiger charge is -2.34. The van der Waals surface area contributed by atoms with Gasteiger partial charge in [-0.3, -0.25) is 14.5 Å². The summed E-state index contributed by atoms with van der Waals surface area (Å²) in [6, 6.07) is 15.6. The van der Waals surface area contributed by atoms with Gasteiger partial charge in [-0.1, -0.05) is 46.7 Å². The minimum absolute atomic E-state index is 0.142. The quantitative estimate of drug-likeness (QED) is 0.411. The Balaban J connectivity index is 0.000000121. The fourth-order valence-electron chi connectivity index (χ4n) is 6.04. The van der Waals surface area contributed by atoms with E-state index in [9.17, 15) is 9.59 Å². The summed E-state index contributed by atoms with van der Waals surface area (Å²) in [7, 11) is 0. The summed E-state index contributed by atoms with van der Waals surface area (Å²) in [6.45, 7) is 6.32. The van der Waals surface area contributed by atoms with Crippen LogP contribution in [0.3, 0.4) is 0 Å². The normalized spacial score (nSPS) is 23.9. The largest absolute Gasteiger partial charge is 0.389 e. The van der Waals surface area contributed by atoms with Crippen LogP contribution in [0.15, 0.2) is 58.8 Å². The van der Waals surface area contributed by atoms with Gasteiger partial charge >= 0.3 is 0 Å². The van der Waals surface area contributed by atoms with Gasteiger partial charge in [-0.2, -0.15) is 0 Å². The number of benzene rings is 2. The molecule has 1 fully saturated rings. The summed E-state index contributed by atoms with van der Waals surface area (Å²) in [5.74, 6) is -0.355. The Bertz CT molecular complexity index is 1240. The topological polar surface area (TPSA) is 80.6 Å². The second kappa shape index (κ2) is 10.7. The van der Waals surface area contributed by atoms with Crippen molar-refractivity contribution in [1.82, 2.24) is 4.90 Å². The van der Waals surface area contributed by atoms with Crippen LogP contribution in [0.5, 0.6) is 0 Å². The molecule has 2 aromatic rings. The molecular weight excluding hydrogens is 478 g/mol. The van der Waals surface area contributed by atoms with Crippen molar-refractivity contribution in [2.45, 2.75) is 89.8 Å². The molecular formula is C31H37N3O4. The zero-order chi connectivity index (χ0) is 26.8. The molecule has 3 aliphatic heterocycles. The first-order chi connectivity index (χ1) is 18.4. The molecule has 1 unspecified atom stereocenters. The Morgan fingerprint density at radius 3 is 1.95 bits per heavy atom. The van der Waals surface area contributed by atoms with E-state index < -0.39 is 0 Å². The number of amides is 2. The summed E-state index contributed by atoms with van der Waals surface area (Å²) in [5.41, 5.74) is 6.19. The Morgan fingerprint density at radius 2 is 1.42 bits per heavy atom. The summed E-state index contributed by atoms with van der Waals surface area (Å²) in [6.07, 6.45) is 10.6. The number of nitrogens with zero attached hydrogens (tertiary/aromatic N) is 3. The maximum absolute atomic E-state index is 11.5. The van der Waals surface area contributed by atoms with E-state index in [0.29, 0.717) is 17.7 Å². The lowest BCUT2D eigenvalue weighted by Crippen LogP contribution is -2.36. The molecule has 2 aromatic carbocycles. The number of carbonyl (C=O) groups is 2. The van der Waals surface area contributed by atoms with Gasteiger partial charge in [0.05, 0.1) is 22.6 Å². The van der Waals surface area contributed by atoms with Crippen LogP contribution < -0.4 is 0 Å². The van der Waals surface area contributed by atoms with Crippen LogP contribution in [0, 0.1) is 0 Å². The highest BCUT2D eigenvalue weighted by atomic mass is 16.7. The van der Waals surface area contributed by atoms with Crippen LogP contribution in [-0.2, 0) is 21.7 Å². The summed E-state index contributed by atoms with van der Waals surface area (Å²) in [5, 5.41) is 8.10. The van der Waals surface area contributed by atoms with E-state index in [-0.39, 0.29) is 23.0 Å². The van der Waals surface area contributed by atoms with E-state index in [1.807, 2.05) is 6.92 Å². The van der Waals surface area contributed by atoms with Crippen LogP contribution in [0.4, 0.5) is 0 Å². The number of aryl methyl sites for hydroxylation is 1. The zero-order valence-electron chi connectivity index (χ0n) is 22.7. The van der Waals surface area contributed by atoms with Crippen molar-refractivity contribution in [3.63, 3.8) is 0 Å². The lowest BCUT2D eigenvalue weighted by atomic mass is 9.77. The van der Waals surface area contributed by atoms with Crippen LogP contribution in [0.25, 0.3) is 0 Å². The average molecular weight is 516 g/mol. The van der Waals surface area contributed by atoms with Gasteiger partial charge in [-0.25, -0.2) is 0 Å². The molecule has 0 aromatic heterocycles. The molecule has 1 saturated carbocycles. The summed E-state index contributed by atoms with van der Waals surface area (Å²) < 4.78 is 0. The molecule has 3 heterocycles. The smallest absolute Gasteiger partial charge is 0.261 e. The first-order valence-corrected chi connectivity index (χ1v) is 13.8. The van der Waals surface area contributed by atoms with E-state index in [4.69, 9.17) is 9.68 Å². The number of carbonyl (C=O) groups excluding carboxylic acids is 2. The predicted octanol–water partition coefficient (Wildman–Crippen LogP) is 6.41. The standard InChI is InChI=1S/C14H17NO.C10H9NO2.C7H11NO/c1-11-10-14(16-15-11)9-5-4-7-12-6-2-3-8-13(12)14;1-2-11-9(12)7-5-3-4-6-8(7)10(11)13;1-6-5-7(9-8-6)3-2-4-7/h2-3,6,8H,4-5,7,9-10H2,1H3;3-6H,2H2,1H3;2-5H2,1H3. The van der Waals surface area contributed by atoms with E-state index in [2.05, 4.69) is 41.5 Å². The first kappa shape index (κ1) is 26.1. The molecule has 0 bridgehead atoms. The van der Waals surface area contributed by atoms with Crippen molar-refractivity contribution < 1.29 is 19.3 Å². The van der Waals surface area contributed by atoms with Crippen molar-refractivity contribution in [2.75, 3.05) is 6.54 Å². The molecule has 5 aliphatic rings. The summed E-state index contributed by atoms with van der Waals surface area (Å²) >= 11 is 0. The molecule has 7 rings (SSSR count). The van der Waals surface area contributed by atoms with Gasteiger partial charge in [-0.15, -0.1) is 0 Å².